The fourth-order valence-electron chi connectivity index (χ4n) is 4.41. The van der Waals surface area contributed by atoms with E-state index in [0.717, 1.165) is 5.56 Å². The van der Waals surface area contributed by atoms with Crippen molar-refractivity contribution < 1.29 is 28.5 Å². The summed E-state index contributed by atoms with van der Waals surface area (Å²) in [4.78, 5) is 25.6. The van der Waals surface area contributed by atoms with E-state index in [1.165, 1.54) is 30.5 Å². The van der Waals surface area contributed by atoms with Gasteiger partial charge in [-0.1, -0.05) is 13.0 Å². The van der Waals surface area contributed by atoms with Gasteiger partial charge in [0.25, 0.3) is 5.91 Å². The van der Waals surface area contributed by atoms with Gasteiger partial charge >= 0.3 is 6.61 Å². The summed E-state index contributed by atoms with van der Waals surface area (Å²) in [7, 11) is 0. The molecule has 1 amide bonds. The van der Waals surface area contributed by atoms with Crippen LogP contribution in [0, 0.1) is 5.92 Å². The lowest BCUT2D eigenvalue weighted by Crippen LogP contribution is -2.49. The van der Waals surface area contributed by atoms with Gasteiger partial charge in [-0.05, 0) is 61.4 Å². The SMILES string of the molecule is C[C@H]1C[C@@H](c2ccncc2NC(=O)c2nc(-c3cccc(OC(F)F)n3)ccc2N)C[C@@H](O)[C@]1(C)O. The van der Waals surface area contributed by atoms with E-state index in [1.54, 1.807) is 25.3 Å². The average Bonchev–Trinajstić information content (AvgIpc) is 2.83. The topological polar surface area (TPSA) is 143 Å². The summed E-state index contributed by atoms with van der Waals surface area (Å²) in [5.41, 5.74) is 6.53. The molecule has 5 N–H and O–H groups in total. The first-order chi connectivity index (χ1) is 17.1. The summed E-state index contributed by atoms with van der Waals surface area (Å²) in [5, 5.41) is 23.8. The number of nitrogens with two attached hydrogens (primary N) is 1. The van der Waals surface area contributed by atoms with Gasteiger partial charge in [-0.2, -0.15) is 8.78 Å². The second-order valence-electron chi connectivity index (χ2n) is 9.10. The Morgan fingerprint density at radius 1 is 1.19 bits per heavy atom. The number of hydrogen-bond donors (Lipinski definition) is 4. The van der Waals surface area contributed by atoms with Crippen molar-refractivity contribution in [3.8, 4) is 17.3 Å². The Morgan fingerprint density at radius 3 is 2.67 bits per heavy atom. The van der Waals surface area contributed by atoms with E-state index >= 15 is 0 Å². The highest BCUT2D eigenvalue weighted by molar-refractivity contribution is 6.06. The maximum absolute atomic E-state index is 13.2. The number of hydrogen-bond acceptors (Lipinski definition) is 8. The van der Waals surface area contributed by atoms with Crippen molar-refractivity contribution in [2.45, 2.75) is 50.9 Å². The maximum atomic E-state index is 13.2. The molecule has 1 aliphatic carbocycles. The van der Waals surface area contributed by atoms with Gasteiger partial charge in [-0.3, -0.25) is 9.78 Å². The molecule has 190 valence electrons. The quantitative estimate of drug-likeness (QED) is 0.403. The number of ether oxygens (including phenoxy) is 1. The number of amides is 1. The number of pyridine rings is 3. The molecule has 0 bridgehead atoms. The highest BCUT2D eigenvalue weighted by Gasteiger charge is 2.43. The van der Waals surface area contributed by atoms with Gasteiger partial charge in [0.1, 0.15) is 0 Å². The van der Waals surface area contributed by atoms with Gasteiger partial charge in [-0.15, -0.1) is 0 Å². The Bertz CT molecular complexity index is 1240. The Morgan fingerprint density at radius 2 is 1.94 bits per heavy atom. The van der Waals surface area contributed by atoms with Gasteiger partial charge in [0, 0.05) is 12.3 Å². The molecule has 3 heterocycles. The molecule has 9 nitrogen and oxygen atoms in total. The predicted octanol–water partition coefficient (Wildman–Crippen LogP) is 3.60. The highest BCUT2D eigenvalue weighted by Crippen LogP contribution is 2.43. The van der Waals surface area contributed by atoms with E-state index in [4.69, 9.17) is 5.73 Å². The molecule has 4 atom stereocenters. The standard InChI is InChI=1S/C25H27F2N5O4/c1-13-10-14(11-20(33)25(13,2)35)15-8-9-29-12-19(15)32-23(34)22-16(28)6-7-18(31-22)17-4-3-5-21(30-17)36-24(26)27/h3-9,12-14,20,24,33,35H,10-11,28H2,1-2H3,(H,32,34)/t13-,14+,20+,25+/m0/s1. The monoisotopic (exact) mass is 499 g/mol. The summed E-state index contributed by atoms with van der Waals surface area (Å²) in [6.07, 6.45) is 3.11. The Balaban J connectivity index is 1.59. The second kappa shape index (κ2) is 10.1. The summed E-state index contributed by atoms with van der Waals surface area (Å²) >= 11 is 0. The van der Waals surface area contributed by atoms with Crippen molar-refractivity contribution in [3.63, 3.8) is 0 Å². The summed E-state index contributed by atoms with van der Waals surface area (Å²) in [5.74, 6) is -1.17. The van der Waals surface area contributed by atoms with Crippen molar-refractivity contribution in [2.24, 2.45) is 5.92 Å². The fraction of sp³-hybridized carbons (Fsp3) is 0.360. The molecule has 4 rings (SSSR count). The maximum Gasteiger partial charge on any atom is 0.388 e. The van der Waals surface area contributed by atoms with Crippen LogP contribution in [0.1, 0.15) is 48.7 Å². The van der Waals surface area contributed by atoms with E-state index in [1.807, 2.05) is 6.92 Å². The van der Waals surface area contributed by atoms with E-state index in [9.17, 15) is 23.8 Å². The summed E-state index contributed by atoms with van der Waals surface area (Å²) in [6, 6.07) is 9.08. The Kier molecular flexibility index (Phi) is 7.14. The van der Waals surface area contributed by atoms with Crippen LogP contribution in [0.25, 0.3) is 11.4 Å². The molecule has 0 aliphatic heterocycles. The second-order valence-corrected chi connectivity index (χ2v) is 9.10. The van der Waals surface area contributed by atoms with Crippen molar-refractivity contribution in [2.75, 3.05) is 11.1 Å². The smallest absolute Gasteiger partial charge is 0.388 e. The van der Waals surface area contributed by atoms with Crippen LogP contribution in [0.5, 0.6) is 5.88 Å². The van der Waals surface area contributed by atoms with E-state index in [-0.39, 0.29) is 40.5 Å². The molecule has 1 aliphatic rings. The van der Waals surface area contributed by atoms with Gasteiger partial charge in [0.2, 0.25) is 5.88 Å². The molecule has 0 saturated heterocycles. The van der Waals surface area contributed by atoms with Crippen LogP contribution in [0.2, 0.25) is 0 Å². The number of aliphatic hydroxyl groups is 2. The Labute approximate surface area is 206 Å². The van der Waals surface area contributed by atoms with Crippen LogP contribution >= 0.6 is 0 Å². The average molecular weight is 500 g/mol. The van der Waals surface area contributed by atoms with Gasteiger partial charge < -0.3 is 26.0 Å². The van der Waals surface area contributed by atoms with Gasteiger partial charge in [0.05, 0.1) is 40.7 Å². The molecule has 0 unspecified atom stereocenters. The van der Waals surface area contributed by atoms with E-state index in [2.05, 4.69) is 25.0 Å². The number of halogens is 2. The first kappa shape index (κ1) is 25.4. The summed E-state index contributed by atoms with van der Waals surface area (Å²) < 4.78 is 29.4. The molecular formula is C25H27F2N5O4. The van der Waals surface area contributed by atoms with Crippen molar-refractivity contribution in [1.29, 1.82) is 0 Å². The Hall–Kier alpha value is -3.70. The normalized spacial score (nSPS) is 23.9. The largest absolute Gasteiger partial charge is 0.417 e. The predicted molar refractivity (Wildman–Crippen MR) is 128 cm³/mol. The van der Waals surface area contributed by atoms with Crippen molar-refractivity contribution in [1.82, 2.24) is 15.0 Å². The third kappa shape index (κ3) is 5.26. The zero-order valence-electron chi connectivity index (χ0n) is 19.7. The van der Waals surface area contributed by atoms with E-state index < -0.39 is 24.2 Å². The van der Waals surface area contributed by atoms with Crippen LogP contribution < -0.4 is 15.8 Å². The molecule has 0 spiro atoms. The lowest BCUT2D eigenvalue weighted by Gasteiger charge is -2.43. The van der Waals surface area contributed by atoms with Crippen LogP contribution in [-0.4, -0.2) is 49.4 Å². The molecular weight excluding hydrogens is 472 g/mol. The number of nitrogen functional groups attached to an aromatic ring is 1. The van der Waals surface area contributed by atoms with Crippen molar-refractivity contribution in [3.05, 3.63) is 60.0 Å². The number of anilines is 2. The van der Waals surface area contributed by atoms with Crippen LogP contribution in [-0.2, 0) is 0 Å². The zero-order chi connectivity index (χ0) is 26.0. The molecule has 11 heteroatoms. The van der Waals surface area contributed by atoms with Crippen molar-refractivity contribution >= 4 is 17.3 Å². The third-order valence-electron chi connectivity index (χ3n) is 6.70. The highest BCUT2D eigenvalue weighted by atomic mass is 19.3. The van der Waals surface area contributed by atoms with Crippen LogP contribution in [0.3, 0.4) is 0 Å². The van der Waals surface area contributed by atoms with Crippen LogP contribution in [0.4, 0.5) is 20.2 Å². The number of aromatic nitrogens is 3. The minimum atomic E-state index is -3.03. The van der Waals surface area contributed by atoms with E-state index in [0.29, 0.717) is 18.5 Å². The minimum Gasteiger partial charge on any atom is -0.417 e. The zero-order valence-corrected chi connectivity index (χ0v) is 19.7. The number of nitrogens with one attached hydrogen (secondary N) is 1. The first-order valence-electron chi connectivity index (χ1n) is 11.4. The first-order valence-corrected chi connectivity index (χ1v) is 11.4. The van der Waals surface area contributed by atoms with Gasteiger partial charge in [0.15, 0.2) is 5.69 Å². The molecule has 36 heavy (non-hydrogen) atoms. The molecule has 3 aromatic heterocycles. The number of alkyl halides is 2. The lowest BCUT2D eigenvalue weighted by molar-refractivity contribution is -0.123. The molecule has 1 saturated carbocycles. The number of carbonyl (C=O) groups excluding carboxylic acids is 1. The number of nitrogens with zero attached hydrogens (tertiary/aromatic N) is 3. The number of rotatable bonds is 6. The third-order valence-corrected chi connectivity index (χ3v) is 6.70. The number of aliphatic hydroxyl groups excluding tert-OH is 1. The fourth-order valence-corrected chi connectivity index (χ4v) is 4.41. The van der Waals surface area contributed by atoms with Gasteiger partial charge in [-0.25, -0.2) is 9.97 Å². The van der Waals surface area contributed by atoms with Crippen LogP contribution in [0.15, 0.2) is 48.8 Å². The molecule has 1 fully saturated rings. The minimum absolute atomic E-state index is 0.0794. The molecule has 0 aromatic carbocycles. The molecule has 0 radical (unpaired) electrons. The lowest BCUT2D eigenvalue weighted by atomic mass is 9.69. The molecule has 3 aromatic rings. The summed E-state index contributed by atoms with van der Waals surface area (Å²) in [6.45, 7) is 0.473. The number of carbonyl (C=O) groups is 1.